The summed E-state index contributed by atoms with van der Waals surface area (Å²) in [6, 6.07) is 6.79. The highest BCUT2D eigenvalue weighted by Gasteiger charge is 2.29. The van der Waals surface area contributed by atoms with Crippen molar-refractivity contribution in [2.45, 2.75) is 38.5 Å². The second-order valence-corrected chi connectivity index (χ2v) is 6.85. The number of ether oxygens (including phenoxy) is 1. The quantitative estimate of drug-likeness (QED) is 0.270. The third kappa shape index (κ3) is 6.81. The number of halogens is 1. The van der Waals surface area contributed by atoms with Gasteiger partial charge in [-0.25, -0.2) is 9.69 Å². The van der Waals surface area contributed by atoms with Crippen molar-refractivity contribution in [3.63, 3.8) is 0 Å². The van der Waals surface area contributed by atoms with Gasteiger partial charge in [0.2, 0.25) is 0 Å². The number of hydrogen-bond acceptors (Lipinski definition) is 3. The lowest BCUT2D eigenvalue weighted by Crippen LogP contribution is -2.30. The number of alkyl halides is 1. The van der Waals surface area contributed by atoms with Crippen LogP contribution >= 0.6 is 15.9 Å². The highest BCUT2D eigenvalue weighted by Crippen LogP contribution is 2.18. The maximum absolute atomic E-state index is 11.7. The molecule has 1 aromatic carbocycles. The Morgan fingerprint density at radius 2 is 1.92 bits per heavy atom. The fourth-order valence-corrected chi connectivity index (χ4v) is 2.98. The van der Waals surface area contributed by atoms with Crippen LogP contribution in [0.3, 0.4) is 0 Å². The van der Waals surface area contributed by atoms with Crippen molar-refractivity contribution in [1.82, 2.24) is 5.32 Å². The Morgan fingerprint density at radius 1 is 1.12 bits per heavy atom. The van der Waals surface area contributed by atoms with Gasteiger partial charge >= 0.3 is 6.03 Å². The average Bonchev–Trinajstić information content (AvgIpc) is 2.98. The van der Waals surface area contributed by atoms with Crippen LogP contribution in [0.15, 0.2) is 24.3 Å². The van der Waals surface area contributed by atoms with Gasteiger partial charge < -0.3 is 10.1 Å². The third-order valence-corrected chi connectivity index (χ3v) is 4.50. The molecule has 0 aliphatic carbocycles. The molecule has 0 bridgehead atoms. The van der Waals surface area contributed by atoms with Crippen LogP contribution in [0.1, 0.15) is 44.1 Å². The molecule has 0 radical (unpaired) electrons. The first-order valence-electron chi connectivity index (χ1n) is 9.06. The molecule has 0 aromatic heterocycles. The van der Waals surface area contributed by atoms with E-state index in [1.807, 2.05) is 6.07 Å². The summed E-state index contributed by atoms with van der Waals surface area (Å²) in [7, 11) is 0. The van der Waals surface area contributed by atoms with Crippen LogP contribution in [0.4, 0.5) is 10.5 Å². The summed E-state index contributed by atoms with van der Waals surface area (Å²) in [5.41, 5.74) is 1.35. The molecule has 0 spiro atoms. The first-order chi connectivity index (χ1) is 12.7. The van der Waals surface area contributed by atoms with E-state index in [4.69, 9.17) is 4.74 Å². The minimum atomic E-state index is -0.385. The Hall–Kier alpha value is -1.84. The maximum Gasteiger partial charge on any atom is 0.329 e. The van der Waals surface area contributed by atoms with Gasteiger partial charge in [0.25, 0.3) is 5.91 Å². The molecule has 1 aromatic rings. The number of imide groups is 1. The smallest absolute Gasteiger partial charge is 0.329 e. The van der Waals surface area contributed by atoms with Gasteiger partial charge in [0.15, 0.2) is 0 Å². The molecule has 26 heavy (non-hydrogen) atoms. The summed E-state index contributed by atoms with van der Waals surface area (Å²) in [5.74, 6) is 5.96. The molecule has 5 nitrogen and oxygen atoms in total. The topological polar surface area (TPSA) is 58.6 Å². The predicted octanol–water partition coefficient (Wildman–Crippen LogP) is 3.85. The second-order valence-electron chi connectivity index (χ2n) is 6.06. The number of rotatable bonds is 10. The molecule has 3 amide bonds. The fraction of sp³-hybridized carbons (Fsp3) is 0.500. The van der Waals surface area contributed by atoms with E-state index in [1.165, 1.54) is 19.3 Å². The van der Waals surface area contributed by atoms with E-state index in [-0.39, 0.29) is 18.5 Å². The molecule has 140 valence electrons. The summed E-state index contributed by atoms with van der Waals surface area (Å²) in [6.07, 6.45) is 6.49. The summed E-state index contributed by atoms with van der Waals surface area (Å²) in [5, 5.41) is 3.59. The van der Waals surface area contributed by atoms with Crippen LogP contribution in [-0.4, -0.2) is 37.0 Å². The fourth-order valence-electron chi connectivity index (χ4n) is 2.59. The number of unbranched alkanes of at least 4 members (excludes halogenated alkanes) is 4. The number of anilines is 1. The first kappa shape index (κ1) is 20.5. The lowest BCUT2D eigenvalue weighted by Gasteiger charge is -2.12. The Kier molecular flexibility index (Phi) is 9.22. The molecule has 1 N–H and O–H groups in total. The summed E-state index contributed by atoms with van der Waals surface area (Å²) in [6.45, 7) is 1.60. The molecule has 6 heteroatoms. The van der Waals surface area contributed by atoms with Crippen LogP contribution in [-0.2, 0) is 9.53 Å². The van der Waals surface area contributed by atoms with Crippen molar-refractivity contribution in [3.05, 3.63) is 29.8 Å². The van der Waals surface area contributed by atoms with Crippen molar-refractivity contribution in [3.8, 4) is 11.8 Å². The number of amides is 3. The number of nitrogens with one attached hydrogen (secondary N) is 1. The van der Waals surface area contributed by atoms with Gasteiger partial charge in [0.05, 0.1) is 12.2 Å². The molecule has 0 unspecified atom stereocenters. The number of hydrogen-bond donors (Lipinski definition) is 1. The third-order valence-electron chi connectivity index (χ3n) is 3.94. The van der Waals surface area contributed by atoms with Crippen molar-refractivity contribution >= 4 is 33.6 Å². The molecular weight excluding hydrogens is 396 g/mol. The molecular formula is C20H25BrN2O3. The van der Waals surface area contributed by atoms with E-state index in [9.17, 15) is 9.59 Å². The number of nitrogens with zero attached hydrogens (tertiary/aromatic N) is 1. The van der Waals surface area contributed by atoms with E-state index in [2.05, 4.69) is 33.1 Å². The molecule has 2 rings (SSSR count). The van der Waals surface area contributed by atoms with Gasteiger partial charge in [-0.05, 0) is 37.5 Å². The van der Waals surface area contributed by atoms with E-state index in [1.54, 1.807) is 18.2 Å². The molecule has 0 saturated carbocycles. The van der Waals surface area contributed by atoms with Crippen molar-refractivity contribution in [2.75, 3.05) is 30.0 Å². The monoisotopic (exact) mass is 420 g/mol. The zero-order chi connectivity index (χ0) is 18.6. The normalized spacial score (nSPS) is 13.5. The van der Waals surface area contributed by atoms with Gasteiger partial charge in [-0.2, -0.15) is 0 Å². The maximum atomic E-state index is 11.7. The number of carbonyl (C=O) groups excluding carboxylic acids is 2. The van der Waals surface area contributed by atoms with Crippen molar-refractivity contribution in [2.24, 2.45) is 0 Å². The van der Waals surface area contributed by atoms with E-state index in [0.717, 1.165) is 48.3 Å². The van der Waals surface area contributed by atoms with E-state index >= 15 is 0 Å². The van der Waals surface area contributed by atoms with Crippen LogP contribution < -0.4 is 10.2 Å². The van der Waals surface area contributed by atoms with Crippen LogP contribution in [0.5, 0.6) is 0 Å². The minimum Gasteiger partial charge on any atom is -0.381 e. The Labute approximate surface area is 163 Å². The standard InChI is InChI=1S/C20H25BrN2O3/c21-12-5-1-2-6-13-26-14-7-3-4-9-17-10-8-11-18(15-17)23-19(24)16-22-20(23)25/h8,10-11,15H,1-3,5-7,12-14,16H2,(H,22,25). The SMILES string of the molecule is O=C1CNC(=O)N1c1cccc(C#CCCCOCCCCCCBr)c1. The molecule has 1 fully saturated rings. The average molecular weight is 421 g/mol. The number of urea groups is 1. The van der Waals surface area contributed by atoms with Gasteiger partial charge in [-0.3, -0.25) is 4.79 Å². The molecule has 0 atom stereocenters. The highest BCUT2D eigenvalue weighted by atomic mass is 79.9. The Balaban J connectivity index is 1.68. The number of carbonyl (C=O) groups is 2. The minimum absolute atomic E-state index is 0.0469. The first-order valence-corrected chi connectivity index (χ1v) is 10.2. The lowest BCUT2D eigenvalue weighted by molar-refractivity contribution is -0.115. The Bertz CT molecular complexity index is 651. The molecule has 1 saturated heterocycles. The predicted molar refractivity (Wildman–Crippen MR) is 107 cm³/mol. The Morgan fingerprint density at radius 3 is 2.69 bits per heavy atom. The molecule has 1 aliphatic heterocycles. The van der Waals surface area contributed by atoms with Crippen LogP contribution in [0.2, 0.25) is 0 Å². The van der Waals surface area contributed by atoms with Gasteiger partial charge in [0.1, 0.15) is 0 Å². The lowest BCUT2D eigenvalue weighted by atomic mass is 10.2. The van der Waals surface area contributed by atoms with Crippen molar-refractivity contribution < 1.29 is 14.3 Å². The summed E-state index contributed by atoms with van der Waals surface area (Å²) < 4.78 is 5.61. The summed E-state index contributed by atoms with van der Waals surface area (Å²) in [4.78, 5) is 24.6. The van der Waals surface area contributed by atoms with Gasteiger partial charge in [-0.1, -0.05) is 46.7 Å². The number of benzene rings is 1. The summed E-state index contributed by atoms with van der Waals surface area (Å²) >= 11 is 3.43. The van der Waals surface area contributed by atoms with Gasteiger partial charge in [0, 0.05) is 30.5 Å². The van der Waals surface area contributed by atoms with Gasteiger partial charge in [-0.15, -0.1) is 0 Å². The largest absolute Gasteiger partial charge is 0.381 e. The zero-order valence-electron chi connectivity index (χ0n) is 14.9. The van der Waals surface area contributed by atoms with Crippen molar-refractivity contribution in [1.29, 1.82) is 0 Å². The zero-order valence-corrected chi connectivity index (χ0v) is 16.5. The van der Waals surface area contributed by atoms with E-state index in [0.29, 0.717) is 5.69 Å². The van der Waals surface area contributed by atoms with Crippen LogP contribution in [0.25, 0.3) is 0 Å². The highest BCUT2D eigenvalue weighted by molar-refractivity contribution is 9.09. The molecule has 1 heterocycles. The van der Waals surface area contributed by atoms with Crippen LogP contribution in [0, 0.1) is 11.8 Å². The van der Waals surface area contributed by atoms with E-state index < -0.39 is 0 Å². The molecule has 1 aliphatic rings. The second kappa shape index (κ2) is 11.7.